The van der Waals surface area contributed by atoms with Crippen LogP contribution in [0.4, 0.5) is 0 Å². The molecule has 1 saturated carbocycles. The van der Waals surface area contributed by atoms with E-state index in [0.29, 0.717) is 22.0 Å². The van der Waals surface area contributed by atoms with Gasteiger partial charge < -0.3 is 4.42 Å². The third-order valence-corrected chi connectivity index (χ3v) is 6.75. The molecule has 6 nitrogen and oxygen atoms in total. The predicted molar refractivity (Wildman–Crippen MR) is 112 cm³/mol. The van der Waals surface area contributed by atoms with E-state index in [-0.39, 0.29) is 11.5 Å². The van der Waals surface area contributed by atoms with E-state index in [1.807, 2.05) is 35.7 Å². The Morgan fingerprint density at radius 1 is 1.24 bits per heavy atom. The molecule has 1 aromatic carbocycles. The lowest BCUT2D eigenvalue weighted by Gasteiger charge is -2.17. The van der Waals surface area contributed by atoms with Crippen LogP contribution in [-0.2, 0) is 4.79 Å². The summed E-state index contributed by atoms with van der Waals surface area (Å²) in [5.41, 5.74) is 1.75. The number of benzene rings is 1. The lowest BCUT2D eigenvalue weighted by molar-refractivity contribution is -0.116. The summed E-state index contributed by atoms with van der Waals surface area (Å²) in [6.07, 6.45) is 5.80. The number of Topliss-reactive ketones (excluding diaryl/α,β-unsaturated/α-hetero) is 1. The molecule has 8 heteroatoms. The summed E-state index contributed by atoms with van der Waals surface area (Å²) < 4.78 is 5.75. The first-order valence-corrected chi connectivity index (χ1v) is 11.5. The molecule has 3 aromatic rings. The molecule has 29 heavy (non-hydrogen) atoms. The highest BCUT2D eigenvalue weighted by Crippen LogP contribution is 2.33. The van der Waals surface area contributed by atoms with Crippen molar-refractivity contribution in [2.45, 2.75) is 49.2 Å². The fourth-order valence-electron chi connectivity index (χ4n) is 3.44. The third kappa shape index (κ3) is 4.74. The van der Waals surface area contributed by atoms with Gasteiger partial charge in [0.05, 0.1) is 17.5 Å². The van der Waals surface area contributed by atoms with E-state index in [1.54, 1.807) is 0 Å². The van der Waals surface area contributed by atoms with Gasteiger partial charge in [-0.2, -0.15) is 5.26 Å². The van der Waals surface area contributed by atoms with Crippen molar-refractivity contribution >= 4 is 28.9 Å². The normalized spacial score (nSPS) is 15.7. The molecule has 2 heterocycles. The van der Waals surface area contributed by atoms with Crippen molar-refractivity contribution < 1.29 is 9.21 Å². The van der Waals surface area contributed by atoms with Crippen LogP contribution in [0.3, 0.4) is 0 Å². The van der Waals surface area contributed by atoms with Gasteiger partial charge in [-0.05, 0) is 12.8 Å². The van der Waals surface area contributed by atoms with Crippen molar-refractivity contribution in [3.63, 3.8) is 0 Å². The van der Waals surface area contributed by atoms with Crippen LogP contribution in [0.25, 0.3) is 11.3 Å². The quantitative estimate of drug-likeness (QED) is 0.481. The van der Waals surface area contributed by atoms with Crippen molar-refractivity contribution in [1.29, 1.82) is 5.26 Å². The minimum atomic E-state index is -0.884. The highest BCUT2D eigenvalue weighted by atomic mass is 32.2. The summed E-state index contributed by atoms with van der Waals surface area (Å²) >= 11 is 2.53. The van der Waals surface area contributed by atoms with Crippen LogP contribution in [0.2, 0.25) is 0 Å². The third-order valence-electron chi connectivity index (χ3n) is 5.00. The van der Waals surface area contributed by atoms with Crippen LogP contribution in [-0.4, -0.2) is 26.7 Å². The zero-order valence-electron chi connectivity index (χ0n) is 15.8. The molecule has 0 spiro atoms. The van der Waals surface area contributed by atoms with E-state index in [0.717, 1.165) is 24.1 Å². The van der Waals surface area contributed by atoms with Crippen LogP contribution in [0.5, 0.6) is 0 Å². The zero-order chi connectivity index (χ0) is 20.1. The molecule has 148 valence electrons. The maximum Gasteiger partial charge on any atom is 0.277 e. The van der Waals surface area contributed by atoms with Gasteiger partial charge in [0.25, 0.3) is 5.22 Å². The second-order valence-electron chi connectivity index (χ2n) is 7.00. The summed E-state index contributed by atoms with van der Waals surface area (Å²) in [7, 11) is 0. The Bertz CT molecular complexity index is 1000. The van der Waals surface area contributed by atoms with Gasteiger partial charge in [-0.25, -0.2) is 4.98 Å². The smallest absolute Gasteiger partial charge is 0.277 e. The Kier molecular flexibility index (Phi) is 6.37. The van der Waals surface area contributed by atoms with Gasteiger partial charge in [0, 0.05) is 16.9 Å². The summed E-state index contributed by atoms with van der Waals surface area (Å²) in [5.74, 6) is 0.0171. The van der Waals surface area contributed by atoms with Crippen LogP contribution < -0.4 is 0 Å². The molecule has 0 saturated heterocycles. The Labute approximate surface area is 177 Å². The van der Waals surface area contributed by atoms with Gasteiger partial charge in [0.2, 0.25) is 5.89 Å². The van der Waals surface area contributed by atoms with Crippen LogP contribution >= 0.6 is 23.1 Å². The summed E-state index contributed by atoms with van der Waals surface area (Å²) in [5, 5.41) is 20.5. The van der Waals surface area contributed by atoms with Gasteiger partial charge >= 0.3 is 0 Å². The molecule has 1 atom stereocenters. The highest BCUT2D eigenvalue weighted by Gasteiger charge is 2.26. The number of nitrogens with zero attached hydrogens (tertiary/aromatic N) is 4. The molecule has 1 aliphatic rings. The van der Waals surface area contributed by atoms with Gasteiger partial charge in [0.1, 0.15) is 5.01 Å². The second-order valence-corrected chi connectivity index (χ2v) is 8.81. The standard InChI is InChI=1S/C21H20N4O2S2/c22-11-16(20-23-17(12-28-20)14-7-3-1-4-8-14)18(26)13-29-21-25-24-19(27-21)15-9-5-2-6-10-15/h1,3-4,7-8,12,15-16H,2,5-6,9-10,13H2. The van der Waals surface area contributed by atoms with E-state index < -0.39 is 5.92 Å². The molecule has 4 rings (SSSR count). The average Bonchev–Trinajstić information content (AvgIpc) is 3.44. The molecule has 0 amide bonds. The number of carbonyl (C=O) groups is 1. The topological polar surface area (TPSA) is 92.7 Å². The van der Waals surface area contributed by atoms with Gasteiger partial charge in [-0.1, -0.05) is 61.4 Å². The van der Waals surface area contributed by atoms with E-state index in [9.17, 15) is 10.1 Å². The molecule has 1 aliphatic carbocycles. The Morgan fingerprint density at radius 2 is 2.03 bits per heavy atom. The van der Waals surface area contributed by atoms with Crippen molar-refractivity contribution in [1.82, 2.24) is 15.2 Å². The van der Waals surface area contributed by atoms with Crippen LogP contribution in [0.15, 0.2) is 45.4 Å². The first-order valence-electron chi connectivity index (χ1n) is 9.64. The number of carbonyl (C=O) groups excluding carboxylic acids is 1. The fraction of sp³-hybridized carbons (Fsp3) is 0.381. The summed E-state index contributed by atoms with van der Waals surface area (Å²) in [6, 6.07) is 11.8. The Hall–Kier alpha value is -2.50. The van der Waals surface area contributed by atoms with E-state index in [4.69, 9.17) is 4.42 Å². The van der Waals surface area contributed by atoms with E-state index in [2.05, 4.69) is 21.3 Å². The van der Waals surface area contributed by atoms with Crippen molar-refractivity contribution in [3.05, 3.63) is 46.6 Å². The number of nitriles is 1. The largest absolute Gasteiger partial charge is 0.416 e. The molecule has 0 aliphatic heterocycles. The molecule has 1 unspecified atom stereocenters. The van der Waals surface area contributed by atoms with E-state index >= 15 is 0 Å². The molecule has 1 fully saturated rings. The van der Waals surface area contributed by atoms with Gasteiger partial charge in [0.15, 0.2) is 11.7 Å². The number of hydrogen-bond acceptors (Lipinski definition) is 8. The highest BCUT2D eigenvalue weighted by molar-refractivity contribution is 7.99. The lowest BCUT2D eigenvalue weighted by atomic mass is 9.89. The number of thioether (sulfide) groups is 1. The summed E-state index contributed by atoms with van der Waals surface area (Å²) in [6.45, 7) is 0. The van der Waals surface area contributed by atoms with Gasteiger partial charge in [-0.15, -0.1) is 21.5 Å². The van der Waals surface area contributed by atoms with Crippen molar-refractivity contribution in [2.75, 3.05) is 5.75 Å². The molecule has 0 N–H and O–H groups in total. The SMILES string of the molecule is N#CC(C(=O)CSc1nnc(C2CCCCC2)o1)c1nc(-c2ccccc2)cs1. The molecule has 2 aromatic heterocycles. The van der Waals surface area contributed by atoms with Crippen molar-refractivity contribution in [3.8, 4) is 17.3 Å². The molecular weight excluding hydrogens is 404 g/mol. The Morgan fingerprint density at radius 3 is 2.79 bits per heavy atom. The number of rotatable bonds is 7. The molecule has 0 radical (unpaired) electrons. The predicted octanol–water partition coefficient (Wildman–Crippen LogP) is 5.21. The first-order chi connectivity index (χ1) is 14.2. The van der Waals surface area contributed by atoms with Crippen molar-refractivity contribution in [2.24, 2.45) is 0 Å². The van der Waals surface area contributed by atoms with E-state index in [1.165, 1.54) is 42.4 Å². The second kappa shape index (κ2) is 9.33. The lowest BCUT2D eigenvalue weighted by Crippen LogP contribution is -2.13. The monoisotopic (exact) mass is 424 g/mol. The molecular formula is C21H20N4O2S2. The maximum absolute atomic E-state index is 12.6. The number of ketones is 1. The number of aromatic nitrogens is 3. The van der Waals surface area contributed by atoms with Crippen LogP contribution in [0.1, 0.15) is 54.8 Å². The number of hydrogen-bond donors (Lipinski definition) is 0. The van der Waals surface area contributed by atoms with Crippen LogP contribution in [0, 0.1) is 11.3 Å². The van der Waals surface area contributed by atoms with Gasteiger partial charge in [-0.3, -0.25) is 4.79 Å². The number of thiazole rings is 1. The fourth-order valence-corrected chi connectivity index (χ4v) is 5.00. The summed E-state index contributed by atoms with van der Waals surface area (Å²) in [4.78, 5) is 17.1. The molecule has 0 bridgehead atoms. The maximum atomic E-state index is 12.6. The average molecular weight is 425 g/mol. The minimum absolute atomic E-state index is 0.102. The Balaban J connectivity index is 1.38. The minimum Gasteiger partial charge on any atom is -0.416 e. The zero-order valence-corrected chi connectivity index (χ0v) is 17.4. The first kappa shape index (κ1) is 19.8.